The summed E-state index contributed by atoms with van der Waals surface area (Å²) in [7, 11) is 1.61. The Kier molecular flexibility index (Phi) is 5.94. The van der Waals surface area contributed by atoms with Crippen LogP contribution in [-0.2, 0) is 9.53 Å². The molecule has 2 rings (SSSR count). The van der Waals surface area contributed by atoms with Gasteiger partial charge in [0.15, 0.2) is 0 Å². The molecular weight excluding hydrogens is 308 g/mol. The molecule has 24 heavy (non-hydrogen) atoms. The summed E-state index contributed by atoms with van der Waals surface area (Å²) in [6.45, 7) is 5.09. The first-order chi connectivity index (χ1) is 11.4. The second kappa shape index (κ2) is 7.75. The number of piperidine rings is 1. The van der Waals surface area contributed by atoms with E-state index < -0.39 is 11.4 Å². The fourth-order valence-corrected chi connectivity index (χ4v) is 3.49. The molecule has 1 aromatic rings. The van der Waals surface area contributed by atoms with E-state index in [9.17, 15) is 14.7 Å². The normalized spacial score (nSPS) is 20.9. The van der Waals surface area contributed by atoms with Crippen LogP contribution in [0.15, 0.2) is 12.1 Å². The van der Waals surface area contributed by atoms with Crippen molar-refractivity contribution in [3.05, 3.63) is 29.1 Å². The molecule has 0 bridgehead atoms. The van der Waals surface area contributed by atoms with Crippen molar-refractivity contribution in [1.82, 2.24) is 9.88 Å². The summed E-state index contributed by atoms with van der Waals surface area (Å²) >= 11 is 0. The SMILES string of the molecule is COCCCC1(C(=O)O)CCCN(C(=O)c2cc(C)nc(C)c2)C1. The monoisotopic (exact) mass is 334 g/mol. The molecule has 0 aromatic carbocycles. The number of aryl methyl sites for hydroxylation is 2. The summed E-state index contributed by atoms with van der Waals surface area (Å²) < 4.78 is 5.05. The molecule has 0 spiro atoms. The predicted octanol–water partition coefficient (Wildman–Crippen LogP) is 2.43. The van der Waals surface area contributed by atoms with Crippen LogP contribution in [0, 0.1) is 19.3 Å². The smallest absolute Gasteiger partial charge is 0.311 e. The number of carbonyl (C=O) groups is 2. The van der Waals surface area contributed by atoms with E-state index >= 15 is 0 Å². The summed E-state index contributed by atoms with van der Waals surface area (Å²) in [6.07, 6.45) is 2.50. The van der Waals surface area contributed by atoms with Gasteiger partial charge in [0.2, 0.25) is 0 Å². The number of rotatable bonds is 6. The van der Waals surface area contributed by atoms with Crippen LogP contribution in [0.1, 0.15) is 47.4 Å². The lowest BCUT2D eigenvalue weighted by Gasteiger charge is -2.40. The van der Waals surface area contributed by atoms with Gasteiger partial charge in [0.05, 0.1) is 5.41 Å². The first kappa shape index (κ1) is 18.4. The van der Waals surface area contributed by atoms with Crippen LogP contribution < -0.4 is 0 Å². The highest BCUT2D eigenvalue weighted by molar-refractivity contribution is 5.95. The van der Waals surface area contributed by atoms with Gasteiger partial charge in [-0.1, -0.05) is 0 Å². The van der Waals surface area contributed by atoms with E-state index in [1.807, 2.05) is 13.8 Å². The number of hydrogen-bond donors (Lipinski definition) is 1. The van der Waals surface area contributed by atoms with Crippen LogP contribution in [0.3, 0.4) is 0 Å². The molecule has 1 saturated heterocycles. The third kappa shape index (κ3) is 4.12. The number of nitrogens with zero attached hydrogens (tertiary/aromatic N) is 2. The lowest BCUT2D eigenvalue weighted by Crippen LogP contribution is -2.50. The minimum absolute atomic E-state index is 0.110. The van der Waals surface area contributed by atoms with Gasteiger partial charge in [-0.2, -0.15) is 0 Å². The van der Waals surface area contributed by atoms with Crippen molar-refractivity contribution in [3.63, 3.8) is 0 Å². The van der Waals surface area contributed by atoms with Gasteiger partial charge in [-0.3, -0.25) is 14.6 Å². The topological polar surface area (TPSA) is 79.7 Å². The number of methoxy groups -OCH3 is 1. The highest BCUT2D eigenvalue weighted by atomic mass is 16.5. The molecule has 1 fully saturated rings. The average Bonchev–Trinajstić information content (AvgIpc) is 2.53. The van der Waals surface area contributed by atoms with Crippen molar-refractivity contribution in [2.24, 2.45) is 5.41 Å². The van der Waals surface area contributed by atoms with E-state index in [1.165, 1.54) is 0 Å². The molecule has 6 heteroatoms. The van der Waals surface area contributed by atoms with Crippen LogP contribution in [0.25, 0.3) is 0 Å². The van der Waals surface area contributed by atoms with Crippen LogP contribution in [-0.4, -0.2) is 53.7 Å². The molecule has 1 aliphatic heterocycles. The molecule has 1 amide bonds. The molecule has 1 unspecified atom stereocenters. The molecule has 6 nitrogen and oxygen atoms in total. The molecule has 1 N–H and O–H groups in total. The fraction of sp³-hybridized carbons (Fsp3) is 0.611. The largest absolute Gasteiger partial charge is 0.481 e. The zero-order valence-electron chi connectivity index (χ0n) is 14.7. The number of pyridine rings is 1. The summed E-state index contributed by atoms with van der Waals surface area (Å²) in [4.78, 5) is 30.7. The summed E-state index contributed by atoms with van der Waals surface area (Å²) in [5.74, 6) is -0.932. The molecule has 1 atom stereocenters. The third-order valence-electron chi connectivity index (χ3n) is 4.65. The van der Waals surface area contributed by atoms with Gasteiger partial charge in [0, 0.05) is 43.8 Å². The number of carboxylic acids is 1. The second-order valence-corrected chi connectivity index (χ2v) is 6.65. The zero-order chi connectivity index (χ0) is 17.7. The van der Waals surface area contributed by atoms with Gasteiger partial charge in [0.1, 0.15) is 0 Å². The molecule has 0 radical (unpaired) electrons. The summed E-state index contributed by atoms with van der Waals surface area (Å²) in [5, 5.41) is 9.76. The highest BCUT2D eigenvalue weighted by Crippen LogP contribution is 2.35. The number of ether oxygens (including phenoxy) is 1. The van der Waals surface area contributed by atoms with E-state index in [2.05, 4.69) is 4.98 Å². The summed E-state index contributed by atoms with van der Waals surface area (Å²) in [6, 6.07) is 3.52. The Balaban J connectivity index is 2.18. The number of carboxylic acid groups (broad SMARTS) is 1. The van der Waals surface area contributed by atoms with Gasteiger partial charge < -0.3 is 14.7 Å². The fourth-order valence-electron chi connectivity index (χ4n) is 3.49. The number of aromatic nitrogens is 1. The van der Waals surface area contributed by atoms with Crippen LogP contribution in [0.5, 0.6) is 0 Å². The van der Waals surface area contributed by atoms with E-state index in [4.69, 9.17) is 4.74 Å². The molecule has 0 saturated carbocycles. The van der Waals surface area contributed by atoms with Gasteiger partial charge in [0.25, 0.3) is 5.91 Å². The Morgan fingerprint density at radius 1 is 1.33 bits per heavy atom. The van der Waals surface area contributed by atoms with Gasteiger partial charge >= 0.3 is 5.97 Å². The Morgan fingerprint density at radius 2 is 2.00 bits per heavy atom. The van der Waals surface area contributed by atoms with Crippen LogP contribution in [0.2, 0.25) is 0 Å². The van der Waals surface area contributed by atoms with Crippen molar-refractivity contribution in [1.29, 1.82) is 0 Å². The van der Waals surface area contributed by atoms with E-state index in [0.717, 1.165) is 11.4 Å². The quantitative estimate of drug-likeness (QED) is 0.808. The summed E-state index contributed by atoms with van der Waals surface area (Å²) in [5.41, 5.74) is 1.29. The molecule has 2 heterocycles. The van der Waals surface area contributed by atoms with Crippen LogP contribution in [0.4, 0.5) is 0 Å². The number of amides is 1. The third-order valence-corrected chi connectivity index (χ3v) is 4.65. The molecule has 132 valence electrons. The van der Waals surface area contributed by atoms with Gasteiger partial charge in [-0.15, -0.1) is 0 Å². The first-order valence-electron chi connectivity index (χ1n) is 8.35. The molecule has 1 aliphatic rings. The number of hydrogen-bond acceptors (Lipinski definition) is 4. The van der Waals surface area contributed by atoms with E-state index in [1.54, 1.807) is 24.1 Å². The van der Waals surface area contributed by atoms with Crippen molar-refractivity contribution in [2.75, 3.05) is 26.8 Å². The van der Waals surface area contributed by atoms with Crippen molar-refractivity contribution in [3.8, 4) is 0 Å². The van der Waals surface area contributed by atoms with E-state index in [0.29, 0.717) is 44.4 Å². The zero-order valence-corrected chi connectivity index (χ0v) is 14.7. The lowest BCUT2D eigenvalue weighted by molar-refractivity contribution is -0.152. The lowest BCUT2D eigenvalue weighted by atomic mass is 9.76. The van der Waals surface area contributed by atoms with Crippen molar-refractivity contribution in [2.45, 2.75) is 39.5 Å². The first-order valence-corrected chi connectivity index (χ1v) is 8.35. The number of likely N-dealkylation sites (tertiary alicyclic amines) is 1. The van der Waals surface area contributed by atoms with Gasteiger partial charge in [-0.25, -0.2) is 0 Å². The Bertz CT molecular complexity index is 597. The van der Waals surface area contributed by atoms with Crippen molar-refractivity contribution < 1.29 is 19.4 Å². The maximum absolute atomic E-state index is 12.8. The Hall–Kier alpha value is -1.95. The standard InChI is InChI=1S/C18H26N2O4/c1-13-10-15(11-14(2)19-13)16(21)20-8-4-6-18(12-20,17(22)23)7-5-9-24-3/h10-11H,4-9,12H2,1-3H3,(H,22,23). The Labute approximate surface area is 142 Å². The second-order valence-electron chi connectivity index (χ2n) is 6.65. The van der Waals surface area contributed by atoms with E-state index in [-0.39, 0.29) is 12.5 Å². The average molecular weight is 334 g/mol. The minimum atomic E-state index is -0.871. The van der Waals surface area contributed by atoms with Crippen molar-refractivity contribution >= 4 is 11.9 Å². The van der Waals surface area contributed by atoms with Crippen LogP contribution >= 0.6 is 0 Å². The Morgan fingerprint density at radius 3 is 2.58 bits per heavy atom. The highest BCUT2D eigenvalue weighted by Gasteiger charge is 2.43. The predicted molar refractivity (Wildman–Crippen MR) is 90.0 cm³/mol. The maximum Gasteiger partial charge on any atom is 0.311 e. The molecule has 0 aliphatic carbocycles. The number of aliphatic carboxylic acids is 1. The molecular formula is C18H26N2O4. The van der Waals surface area contributed by atoms with Gasteiger partial charge in [-0.05, 0) is 51.7 Å². The minimum Gasteiger partial charge on any atom is -0.481 e. The number of carbonyl (C=O) groups excluding carboxylic acids is 1. The maximum atomic E-state index is 12.8. The molecule has 1 aromatic heterocycles.